The molecule has 0 bridgehead atoms. The van der Waals surface area contributed by atoms with E-state index < -0.39 is 5.97 Å². The maximum atomic E-state index is 12.8. The number of aromatic nitrogens is 2. The Balaban J connectivity index is 1.69. The maximum absolute atomic E-state index is 12.8. The Labute approximate surface area is 167 Å². The zero-order chi connectivity index (χ0) is 20.1. The van der Waals surface area contributed by atoms with Gasteiger partial charge in [-0.1, -0.05) is 11.6 Å². The highest BCUT2D eigenvalue weighted by Gasteiger charge is 2.20. The Morgan fingerprint density at radius 1 is 1.36 bits per heavy atom. The zero-order valence-corrected chi connectivity index (χ0v) is 17.1. The average molecular weight is 404 g/mol. The van der Waals surface area contributed by atoms with Crippen LogP contribution in [0.3, 0.4) is 0 Å². The highest BCUT2D eigenvalue weighted by Crippen LogP contribution is 2.27. The van der Waals surface area contributed by atoms with Gasteiger partial charge in [0.2, 0.25) is 5.91 Å². The van der Waals surface area contributed by atoms with Crippen molar-refractivity contribution in [2.75, 3.05) is 13.2 Å². The van der Waals surface area contributed by atoms with Crippen LogP contribution in [0.15, 0.2) is 22.8 Å². The number of carbonyl (C=O) groups is 2. The molecule has 0 fully saturated rings. The first-order valence-electron chi connectivity index (χ1n) is 9.61. The van der Waals surface area contributed by atoms with Crippen LogP contribution in [0.4, 0.5) is 0 Å². The van der Waals surface area contributed by atoms with Gasteiger partial charge >= 0.3 is 5.97 Å². The van der Waals surface area contributed by atoms with Gasteiger partial charge in [-0.15, -0.1) is 11.3 Å². The Hall–Kier alpha value is -2.48. The molecule has 2 aromatic rings. The minimum absolute atomic E-state index is 0.0924. The molecule has 7 nitrogen and oxygen atoms in total. The number of hydrogen-bond donors (Lipinski definition) is 1. The van der Waals surface area contributed by atoms with Gasteiger partial charge in [-0.05, 0) is 51.5 Å². The number of nitrogens with zero attached hydrogens (tertiary/aromatic N) is 2. The van der Waals surface area contributed by atoms with Crippen molar-refractivity contribution in [2.24, 2.45) is 0 Å². The molecule has 3 rings (SSSR count). The number of amides is 1. The van der Waals surface area contributed by atoms with E-state index in [1.807, 2.05) is 0 Å². The third-order valence-corrected chi connectivity index (χ3v) is 6.03. The summed E-state index contributed by atoms with van der Waals surface area (Å²) in [4.78, 5) is 42.2. The molecule has 8 heteroatoms. The number of carbonyl (C=O) groups excluding carboxylic acids is 2. The molecule has 2 heterocycles. The summed E-state index contributed by atoms with van der Waals surface area (Å²) in [5.41, 5.74) is 1.63. The van der Waals surface area contributed by atoms with Crippen LogP contribution in [0.2, 0.25) is 0 Å². The van der Waals surface area contributed by atoms with Crippen LogP contribution in [-0.4, -0.2) is 34.6 Å². The summed E-state index contributed by atoms with van der Waals surface area (Å²) in [6.45, 7) is 4.18. The van der Waals surface area contributed by atoms with E-state index in [4.69, 9.17) is 4.74 Å². The van der Waals surface area contributed by atoms with E-state index in [1.165, 1.54) is 29.3 Å². The molecule has 0 atom stereocenters. The monoisotopic (exact) mass is 403 g/mol. The molecule has 150 valence electrons. The topological polar surface area (TPSA) is 90.3 Å². The third kappa shape index (κ3) is 4.49. The molecule has 0 unspecified atom stereocenters. The lowest BCUT2D eigenvalue weighted by Gasteiger charge is -2.13. The first-order chi connectivity index (χ1) is 13.5. The SMILES string of the molecule is CCOC(=O)c1sc2ncn(CC(=O)NCCC3=CCCCC3)c(=O)c2c1C. The predicted octanol–water partition coefficient (Wildman–Crippen LogP) is 2.95. The van der Waals surface area contributed by atoms with Gasteiger partial charge < -0.3 is 10.1 Å². The molecule has 1 aliphatic carbocycles. The van der Waals surface area contributed by atoms with Crippen molar-refractivity contribution >= 4 is 33.4 Å². The van der Waals surface area contributed by atoms with Crippen LogP contribution in [0.1, 0.15) is 54.3 Å². The lowest BCUT2D eigenvalue weighted by atomic mass is 9.97. The molecule has 0 saturated carbocycles. The molecule has 0 spiro atoms. The zero-order valence-electron chi connectivity index (χ0n) is 16.2. The van der Waals surface area contributed by atoms with Crippen LogP contribution in [0.5, 0.6) is 0 Å². The first-order valence-corrected chi connectivity index (χ1v) is 10.4. The van der Waals surface area contributed by atoms with E-state index in [0.717, 1.165) is 30.6 Å². The second-order valence-electron chi connectivity index (χ2n) is 6.84. The summed E-state index contributed by atoms with van der Waals surface area (Å²) in [6.07, 6.45) is 9.17. The Kier molecular flexibility index (Phi) is 6.61. The van der Waals surface area contributed by atoms with Crippen molar-refractivity contribution in [1.29, 1.82) is 0 Å². The number of rotatable bonds is 7. The van der Waals surface area contributed by atoms with E-state index in [2.05, 4.69) is 16.4 Å². The molecule has 2 aromatic heterocycles. The highest BCUT2D eigenvalue weighted by atomic mass is 32.1. The number of nitrogens with one attached hydrogen (secondary N) is 1. The second-order valence-corrected chi connectivity index (χ2v) is 7.84. The highest BCUT2D eigenvalue weighted by molar-refractivity contribution is 7.20. The lowest BCUT2D eigenvalue weighted by Crippen LogP contribution is -2.33. The van der Waals surface area contributed by atoms with Crippen LogP contribution in [0.25, 0.3) is 10.2 Å². The molecule has 0 saturated heterocycles. The summed E-state index contributed by atoms with van der Waals surface area (Å²) in [7, 11) is 0. The lowest BCUT2D eigenvalue weighted by molar-refractivity contribution is -0.121. The van der Waals surface area contributed by atoms with Crippen molar-refractivity contribution in [3.05, 3.63) is 38.8 Å². The largest absolute Gasteiger partial charge is 0.462 e. The van der Waals surface area contributed by atoms with Gasteiger partial charge in [0, 0.05) is 6.54 Å². The predicted molar refractivity (Wildman–Crippen MR) is 109 cm³/mol. The molecular formula is C20H25N3O4S. The number of hydrogen-bond acceptors (Lipinski definition) is 6. The molecule has 0 radical (unpaired) electrons. The Morgan fingerprint density at radius 2 is 2.18 bits per heavy atom. The van der Waals surface area contributed by atoms with E-state index in [1.54, 1.807) is 13.8 Å². The molecule has 28 heavy (non-hydrogen) atoms. The smallest absolute Gasteiger partial charge is 0.348 e. The molecule has 1 N–H and O–H groups in total. The van der Waals surface area contributed by atoms with Crippen molar-refractivity contribution in [3.63, 3.8) is 0 Å². The van der Waals surface area contributed by atoms with Crippen molar-refractivity contribution in [1.82, 2.24) is 14.9 Å². The van der Waals surface area contributed by atoms with Crippen molar-refractivity contribution < 1.29 is 14.3 Å². The second kappa shape index (κ2) is 9.14. The summed E-state index contributed by atoms with van der Waals surface area (Å²) < 4.78 is 6.32. The minimum Gasteiger partial charge on any atom is -0.462 e. The normalized spacial score (nSPS) is 14.0. The summed E-state index contributed by atoms with van der Waals surface area (Å²) in [5.74, 6) is -0.679. The van der Waals surface area contributed by atoms with Crippen LogP contribution in [0, 0.1) is 6.92 Å². The Morgan fingerprint density at radius 3 is 2.89 bits per heavy atom. The number of thiophene rings is 1. The fourth-order valence-corrected chi connectivity index (χ4v) is 4.40. The van der Waals surface area contributed by atoms with Crippen LogP contribution >= 0.6 is 11.3 Å². The standard InChI is InChI=1S/C20H25N3O4S/c1-3-27-20(26)17-13(2)16-18(28-17)22-12-23(19(16)25)11-15(24)21-10-9-14-7-5-4-6-8-14/h7,12H,3-6,8-11H2,1-2H3,(H,21,24). The molecular weight excluding hydrogens is 378 g/mol. The number of fused-ring (bicyclic) bond motifs is 1. The summed E-state index contributed by atoms with van der Waals surface area (Å²) in [5, 5.41) is 3.24. The Bertz CT molecular complexity index is 974. The van der Waals surface area contributed by atoms with Gasteiger partial charge in [0.25, 0.3) is 5.56 Å². The van der Waals surface area contributed by atoms with E-state index in [0.29, 0.717) is 27.2 Å². The van der Waals surface area contributed by atoms with Crippen molar-refractivity contribution in [2.45, 2.75) is 52.5 Å². The minimum atomic E-state index is -0.455. The maximum Gasteiger partial charge on any atom is 0.348 e. The van der Waals surface area contributed by atoms with Gasteiger partial charge in [0.1, 0.15) is 16.3 Å². The van der Waals surface area contributed by atoms with E-state index >= 15 is 0 Å². The number of ether oxygens (including phenoxy) is 1. The van der Waals surface area contributed by atoms with Crippen molar-refractivity contribution in [3.8, 4) is 0 Å². The van der Waals surface area contributed by atoms with Gasteiger partial charge in [-0.3, -0.25) is 14.2 Å². The molecule has 0 aromatic carbocycles. The third-order valence-electron chi connectivity index (χ3n) is 4.85. The fourth-order valence-electron chi connectivity index (χ4n) is 3.37. The van der Waals surface area contributed by atoms with Gasteiger partial charge in [0.05, 0.1) is 18.3 Å². The molecule has 1 amide bonds. The van der Waals surface area contributed by atoms with Gasteiger partial charge in [0.15, 0.2) is 0 Å². The summed E-state index contributed by atoms with van der Waals surface area (Å²) >= 11 is 1.14. The van der Waals surface area contributed by atoms with E-state index in [9.17, 15) is 14.4 Å². The number of allylic oxidation sites excluding steroid dienone is 1. The molecule has 1 aliphatic rings. The molecule has 0 aliphatic heterocycles. The fraction of sp³-hybridized carbons (Fsp3) is 0.500. The first kappa shape index (κ1) is 20.3. The van der Waals surface area contributed by atoms with E-state index in [-0.39, 0.29) is 24.6 Å². The quantitative estimate of drug-likeness (QED) is 0.567. The van der Waals surface area contributed by atoms with Crippen LogP contribution < -0.4 is 10.9 Å². The van der Waals surface area contributed by atoms with Crippen LogP contribution in [-0.2, 0) is 16.1 Å². The van der Waals surface area contributed by atoms with Gasteiger partial charge in [-0.2, -0.15) is 0 Å². The number of esters is 1. The summed E-state index contributed by atoms with van der Waals surface area (Å²) in [6, 6.07) is 0. The van der Waals surface area contributed by atoms with Gasteiger partial charge in [-0.25, -0.2) is 9.78 Å². The average Bonchev–Trinajstić information content (AvgIpc) is 3.02. The number of aryl methyl sites for hydroxylation is 1.